The van der Waals surface area contributed by atoms with Crippen molar-refractivity contribution in [1.82, 2.24) is 5.32 Å². The Kier molecular flexibility index (Phi) is 7.39. The first-order valence-electron chi connectivity index (χ1n) is 5.99. The van der Waals surface area contributed by atoms with Gasteiger partial charge in [0.1, 0.15) is 0 Å². The lowest BCUT2D eigenvalue weighted by atomic mass is 9.94. The number of carbonyl (C=O) groups is 1. The molecule has 0 aromatic heterocycles. The van der Waals surface area contributed by atoms with Gasteiger partial charge in [-0.3, -0.25) is 4.79 Å². The Morgan fingerprint density at radius 1 is 1.33 bits per heavy atom. The van der Waals surface area contributed by atoms with Gasteiger partial charge in [0, 0.05) is 12.5 Å². The Morgan fingerprint density at radius 2 is 1.93 bits per heavy atom. The second kappa shape index (κ2) is 7.69. The van der Waals surface area contributed by atoms with Crippen LogP contribution >= 0.6 is 0 Å². The molecule has 3 heteroatoms. The number of nitrogens with one attached hydrogen (secondary N) is 1. The maximum atomic E-state index is 11.6. The Bertz CT molecular complexity index is 180. The van der Waals surface area contributed by atoms with E-state index in [0.29, 0.717) is 24.8 Å². The molecule has 3 nitrogen and oxygen atoms in total. The zero-order chi connectivity index (χ0) is 11.8. The third-order valence-corrected chi connectivity index (χ3v) is 2.63. The summed E-state index contributed by atoms with van der Waals surface area (Å²) < 4.78 is 0. The highest BCUT2D eigenvalue weighted by Gasteiger charge is 2.14. The smallest absolute Gasteiger partial charge is 0.220 e. The molecule has 2 atom stereocenters. The lowest BCUT2D eigenvalue weighted by Crippen LogP contribution is -2.34. The molecule has 0 aliphatic rings. The second-order valence-electron chi connectivity index (χ2n) is 4.81. The summed E-state index contributed by atoms with van der Waals surface area (Å²) in [5.41, 5.74) is 5.65. The standard InChI is InChI=1S/C12H26N2O/c1-5-10(4)14-12(15)7-11(8-13)6-9(2)3/h9-11H,5-8,13H2,1-4H3,(H,14,15)/t10?,11-/m0/s1. The van der Waals surface area contributed by atoms with E-state index in [1.807, 2.05) is 6.92 Å². The van der Waals surface area contributed by atoms with Crippen LogP contribution in [0.15, 0.2) is 0 Å². The molecule has 90 valence electrons. The minimum Gasteiger partial charge on any atom is -0.354 e. The lowest BCUT2D eigenvalue weighted by molar-refractivity contribution is -0.122. The molecule has 1 amide bonds. The van der Waals surface area contributed by atoms with E-state index in [2.05, 4.69) is 26.1 Å². The highest BCUT2D eigenvalue weighted by atomic mass is 16.1. The Morgan fingerprint density at radius 3 is 2.33 bits per heavy atom. The number of hydrogen-bond donors (Lipinski definition) is 2. The first-order chi connectivity index (χ1) is 6.99. The molecule has 0 aliphatic carbocycles. The van der Waals surface area contributed by atoms with Crippen molar-refractivity contribution in [2.24, 2.45) is 17.6 Å². The fourth-order valence-electron chi connectivity index (χ4n) is 1.63. The third kappa shape index (κ3) is 7.37. The van der Waals surface area contributed by atoms with Gasteiger partial charge in [0.05, 0.1) is 0 Å². The molecule has 0 saturated heterocycles. The van der Waals surface area contributed by atoms with Crippen LogP contribution < -0.4 is 11.1 Å². The second-order valence-corrected chi connectivity index (χ2v) is 4.81. The molecule has 0 heterocycles. The summed E-state index contributed by atoms with van der Waals surface area (Å²) in [5.74, 6) is 1.07. The largest absolute Gasteiger partial charge is 0.354 e. The molecule has 0 fully saturated rings. The molecular formula is C12H26N2O. The summed E-state index contributed by atoms with van der Waals surface area (Å²) in [4.78, 5) is 11.6. The third-order valence-electron chi connectivity index (χ3n) is 2.63. The summed E-state index contributed by atoms with van der Waals surface area (Å²) in [6.45, 7) is 9.02. The highest BCUT2D eigenvalue weighted by Crippen LogP contribution is 2.14. The number of nitrogens with two attached hydrogens (primary N) is 1. The van der Waals surface area contributed by atoms with E-state index < -0.39 is 0 Å². The monoisotopic (exact) mass is 214 g/mol. The predicted molar refractivity (Wildman–Crippen MR) is 64.5 cm³/mol. The van der Waals surface area contributed by atoms with Crippen molar-refractivity contribution in [3.05, 3.63) is 0 Å². The number of amides is 1. The molecule has 0 aromatic rings. The van der Waals surface area contributed by atoms with E-state index in [0.717, 1.165) is 12.8 Å². The normalized spacial score (nSPS) is 15.1. The van der Waals surface area contributed by atoms with Crippen molar-refractivity contribution in [2.75, 3.05) is 6.54 Å². The van der Waals surface area contributed by atoms with Gasteiger partial charge < -0.3 is 11.1 Å². The van der Waals surface area contributed by atoms with Gasteiger partial charge in [-0.1, -0.05) is 20.8 Å². The average Bonchev–Trinajstić information content (AvgIpc) is 2.15. The number of carbonyl (C=O) groups excluding carboxylic acids is 1. The van der Waals surface area contributed by atoms with Crippen molar-refractivity contribution in [1.29, 1.82) is 0 Å². The zero-order valence-corrected chi connectivity index (χ0v) is 10.5. The number of rotatable bonds is 7. The fourth-order valence-corrected chi connectivity index (χ4v) is 1.63. The summed E-state index contributed by atoms with van der Waals surface area (Å²) in [7, 11) is 0. The predicted octanol–water partition coefficient (Wildman–Crippen LogP) is 1.91. The van der Waals surface area contributed by atoms with Crippen molar-refractivity contribution < 1.29 is 4.79 Å². The van der Waals surface area contributed by atoms with E-state index in [-0.39, 0.29) is 11.9 Å². The minimum atomic E-state index is 0.139. The van der Waals surface area contributed by atoms with Crippen LogP contribution in [0.5, 0.6) is 0 Å². The van der Waals surface area contributed by atoms with Gasteiger partial charge in [-0.15, -0.1) is 0 Å². The molecule has 0 radical (unpaired) electrons. The van der Waals surface area contributed by atoms with Crippen LogP contribution in [0.3, 0.4) is 0 Å². The van der Waals surface area contributed by atoms with Crippen LogP contribution in [0.2, 0.25) is 0 Å². The van der Waals surface area contributed by atoms with Crippen LogP contribution in [-0.2, 0) is 4.79 Å². The molecule has 0 saturated carbocycles. The van der Waals surface area contributed by atoms with E-state index >= 15 is 0 Å². The quantitative estimate of drug-likeness (QED) is 0.680. The molecule has 0 aromatic carbocycles. The molecule has 0 aliphatic heterocycles. The topological polar surface area (TPSA) is 55.1 Å². The van der Waals surface area contributed by atoms with Crippen LogP contribution in [0.25, 0.3) is 0 Å². The molecule has 0 bridgehead atoms. The molecule has 3 N–H and O–H groups in total. The molecule has 15 heavy (non-hydrogen) atoms. The van der Waals surface area contributed by atoms with E-state index in [9.17, 15) is 4.79 Å². The van der Waals surface area contributed by atoms with Crippen molar-refractivity contribution in [2.45, 2.75) is 53.0 Å². The van der Waals surface area contributed by atoms with Gasteiger partial charge in [-0.2, -0.15) is 0 Å². The maximum Gasteiger partial charge on any atom is 0.220 e. The minimum absolute atomic E-state index is 0.139. The SMILES string of the molecule is CCC(C)NC(=O)C[C@@H](CN)CC(C)C. The highest BCUT2D eigenvalue weighted by molar-refractivity contribution is 5.76. The van der Waals surface area contributed by atoms with Gasteiger partial charge in [-0.25, -0.2) is 0 Å². The van der Waals surface area contributed by atoms with Crippen LogP contribution in [-0.4, -0.2) is 18.5 Å². The summed E-state index contributed by atoms with van der Waals surface area (Å²) in [6, 6.07) is 0.273. The van der Waals surface area contributed by atoms with Gasteiger partial charge in [0.2, 0.25) is 5.91 Å². The Hall–Kier alpha value is -0.570. The average molecular weight is 214 g/mol. The Labute approximate surface area is 93.8 Å². The van der Waals surface area contributed by atoms with E-state index in [4.69, 9.17) is 5.73 Å². The molecule has 0 spiro atoms. The van der Waals surface area contributed by atoms with Crippen molar-refractivity contribution >= 4 is 5.91 Å². The lowest BCUT2D eigenvalue weighted by Gasteiger charge is -2.18. The number of hydrogen-bond acceptors (Lipinski definition) is 2. The first-order valence-corrected chi connectivity index (χ1v) is 5.99. The summed E-state index contributed by atoms with van der Waals surface area (Å²) >= 11 is 0. The maximum absolute atomic E-state index is 11.6. The first kappa shape index (κ1) is 14.4. The zero-order valence-electron chi connectivity index (χ0n) is 10.5. The molecular weight excluding hydrogens is 188 g/mol. The van der Waals surface area contributed by atoms with Crippen LogP contribution in [0.4, 0.5) is 0 Å². The Balaban J connectivity index is 3.90. The van der Waals surface area contributed by atoms with Crippen molar-refractivity contribution in [3.8, 4) is 0 Å². The van der Waals surface area contributed by atoms with Crippen LogP contribution in [0.1, 0.15) is 47.0 Å². The van der Waals surface area contributed by atoms with Crippen molar-refractivity contribution in [3.63, 3.8) is 0 Å². The van der Waals surface area contributed by atoms with Gasteiger partial charge >= 0.3 is 0 Å². The van der Waals surface area contributed by atoms with Gasteiger partial charge in [0.25, 0.3) is 0 Å². The molecule has 1 unspecified atom stereocenters. The summed E-state index contributed by atoms with van der Waals surface area (Å²) in [6.07, 6.45) is 2.58. The van der Waals surface area contributed by atoms with Crippen LogP contribution in [0, 0.1) is 11.8 Å². The van der Waals surface area contributed by atoms with Gasteiger partial charge in [-0.05, 0) is 38.1 Å². The summed E-state index contributed by atoms with van der Waals surface area (Å²) in [5, 5.41) is 2.97. The fraction of sp³-hybridized carbons (Fsp3) is 0.917. The van der Waals surface area contributed by atoms with E-state index in [1.54, 1.807) is 0 Å². The molecule has 0 rings (SSSR count). The van der Waals surface area contributed by atoms with Gasteiger partial charge in [0.15, 0.2) is 0 Å². The van der Waals surface area contributed by atoms with E-state index in [1.165, 1.54) is 0 Å².